The lowest BCUT2D eigenvalue weighted by molar-refractivity contribution is 0.0585. The molecule has 7 heteroatoms. The molecule has 0 aromatic carbocycles. The van der Waals surface area contributed by atoms with E-state index in [1.807, 2.05) is 28.9 Å². The number of aryl methyl sites for hydroxylation is 1. The van der Waals surface area contributed by atoms with Crippen LogP contribution in [0.15, 0.2) is 35.1 Å². The van der Waals surface area contributed by atoms with Crippen molar-refractivity contribution < 1.29 is 14.0 Å². The van der Waals surface area contributed by atoms with Crippen molar-refractivity contribution in [3.8, 4) is 0 Å². The number of piperidine rings is 3. The standard InChI is InChI=1S/C27H36N4O3/c1-20-5-6-24(27(33)31-16-9-23(10-17-31)29-12-3-2-4-13-29)25(28-20)21-7-14-30(15-8-21)26(32)22-11-18-34-19-22/h5-6,11,18-19,21,23H,2-4,7-10,12-17H2,1H3. The van der Waals surface area contributed by atoms with Crippen molar-refractivity contribution in [1.29, 1.82) is 0 Å². The lowest BCUT2D eigenvalue weighted by Crippen LogP contribution is -2.48. The van der Waals surface area contributed by atoms with E-state index in [1.54, 1.807) is 6.07 Å². The maximum absolute atomic E-state index is 13.6. The van der Waals surface area contributed by atoms with Crippen molar-refractivity contribution in [1.82, 2.24) is 19.7 Å². The van der Waals surface area contributed by atoms with E-state index in [-0.39, 0.29) is 17.7 Å². The first-order valence-electron chi connectivity index (χ1n) is 12.9. The Hall–Kier alpha value is -2.67. The number of amides is 2. The average molecular weight is 465 g/mol. The van der Waals surface area contributed by atoms with Gasteiger partial charge >= 0.3 is 0 Å². The van der Waals surface area contributed by atoms with E-state index in [0.29, 0.717) is 24.7 Å². The fraction of sp³-hybridized carbons (Fsp3) is 0.593. The molecule has 0 aliphatic carbocycles. The van der Waals surface area contributed by atoms with Crippen molar-refractivity contribution in [2.75, 3.05) is 39.3 Å². The van der Waals surface area contributed by atoms with Crippen LogP contribution in [0.2, 0.25) is 0 Å². The molecule has 0 unspecified atom stereocenters. The molecule has 0 saturated carbocycles. The summed E-state index contributed by atoms with van der Waals surface area (Å²) in [5, 5.41) is 0. The SMILES string of the molecule is Cc1ccc(C(=O)N2CCC(N3CCCCC3)CC2)c(C2CCN(C(=O)c3ccoc3)CC2)n1. The maximum atomic E-state index is 13.6. The van der Waals surface area contributed by atoms with Crippen molar-refractivity contribution in [3.05, 3.63) is 53.2 Å². The minimum atomic E-state index is 0.0114. The van der Waals surface area contributed by atoms with Crippen LogP contribution in [-0.2, 0) is 0 Å². The number of rotatable bonds is 4. The Bertz CT molecular complexity index is 983. The second kappa shape index (κ2) is 10.3. The van der Waals surface area contributed by atoms with Crippen LogP contribution >= 0.6 is 0 Å². The molecule has 3 fully saturated rings. The second-order valence-corrected chi connectivity index (χ2v) is 10.1. The van der Waals surface area contributed by atoms with Crippen LogP contribution in [0.5, 0.6) is 0 Å². The van der Waals surface area contributed by atoms with Crippen LogP contribution in [-0.4, -0.2) is 76.8 Å². The van der Waals surface area contributed by atoms with Crippen molar-refractivity contribution in [2.45, 2.75) is 63.8 Å². The first-order valence-corrected chi connectivity index (χ1v) is 12.9. The summed E-state index contributed by atoms with van der Waals surface area (Å²) < 4.78 is 5.07. The summed E-state index contributed by atoms with van der Waals surface area (Å²) in [6.45, 7) is 7.40. The molecular weight excluding hydrogens is 428 g/mol. The van der Waals surface area contributed by atoms with Gasteiger partial charge in [-0.15, -0.1) is 0 Å². The molecule has 5 heterocycles. The Kier molecular flexibility index (Phi) is 6.99. The summed E-state index contributed by atoms with van der Waals surface area (Å²) in [5.41, 5.74) is 3.20. The van der Waals surface area contributed by atoms with Gasteiger partial charge in [0.05, 0.1) is 23.1 Å². The molecule has 182 valence electrons. The largest absolute Gasteiger partial charge is 0.472 e. The zero-order valence-corrected chi connectivity index (χ0v) is 20.2. The number of hydrogen-bond donors (Lipinski definition) is 0. The number of likely N-dealkylation sites (tertiary alicyclic amines) is 3. The van der Waals surface area contributed by atoms with Crippen molar-refractivity contribution in [2.24, 2.45) is 0 Å². The van der Waals surface area contributed by atoms with Gasteiger partial charge in [0.15, 0.2) is 0 Å². The molecule has 5 rings (SSSR count). The highest BCUT2D eigenvalue weighted by molar-refractivity contribution is 5.96. The molecule has 0 N–H and O–H groups in total. The van der Waals surface area contributed by atoms with Gasteiger partial charge < -0.3 is 19.1 Å². The van der Waals surface area contributed by atoms with E-state index >= 15 is 0 Å². The summed E-state index contributed by atoms with van der Waals surface area (Å²) in [7, 11) is 0. The minimum Gasteiger partial charge on any atom is -0.472 e. The number of carbonyl (C=O) groups is 2. The highest BCUT2D eigenvalue weighted by Gasteiger charge is 2.32. The molecule has 0 bridgehead atoms. The Morgan fingerprint density at radius 3 is 2.21 bits per heavy atom. The lowest BCUT2D eigenvalue weighted by Gasteiger charge is -2.40. The van der Waals surface area contributed by atoms with E-state index < -0.39 is 0 Å². The van der Waals surface area contributed by atoms with E-state index in [2.05, 4.69) is 4.90 Å². The molecule has 3 aliphatic rings. The molecular formula is C27H36N4O3. The van der Waals surface area contributed by atoms with Gasteiger partial charge in [-0.1, -0.05) is 6.42 Å². The molecule has 34 heavy (non-hydrogen) atoms. The predicted octanol–water partition coefficient (Wildman–Crippen LogP) is 4.09. The monoisotopic (exact) mass is 464 g/mol. The summed E-state index contributed by atoms with van der Waals surface area (Å²) in [5.74, 6) is 0.326. The van der Waals surface area contributed by atoms with Gasteiger partial charge in [0.2, 0.25) is 0 Å². The average Bonchev–Trinajstić information content (AvgIpc) is 3.44. The van der Waals surface area contributed by atoms with E-state index in [0.717, 1.165) is 55.7 Å². The topological polar surface area (TPSA) is 69.9 Å². The molecule has 2 aromatic rings. The fourth-order valence-corrected chi connectivity index (χ4v) is 5.88. The zero-order chi connectivity index (χ0) is 23.5. The van der Waals surface area contributed by atoms with Gasteiger partial charge in [-0.3, -0.25) is 14.6 Å². The molecule has 0 atom stereocenters. The Morgan fingerprint density at radius 2 is 1.53 bits per heavy atom. The van der Waals surface area contributed by atoms with Crippen molar-refractivity contribution >= 4 is 11.8 Å². The van der Waals surface area contributed by atoms with Crippen molar-refractivity contribution in [3.63, 3.8) is 0 Å². The third-order valence-electron chi connectivity index (χ3n) is 7.89. The van der Waals surface area contributed by atoms with E-state index in [4.69, 9.17) is 9.40 Å². The lowest BCUT2D eigenvalue weighted by atomic mass is 9.89. The summed E-state index contributed by atoms with van der Waals surface area (Å²) in [4.78, 5) is 37.7. The number of carbonyl (C=O) groups excluding carboxylic acids is 2. The third kappa shape index (κ3) is 4.90. The minimum absolute atomic E-state index is 0.0114. The predicted molar refractivity (Wildman–Crippen MR) is 130 cm³/mol. The summed E-state index contributed by atoms with van der Waals surface area (Å²) in [6.07, 6.45) is 10.8. The number of pyridine rings is 1. The van der Waals surface area contributed by atoms with Crippen LogP contribution < -0.4 is 0 Å². The first kappa shape index (κ1) is 23.1. The van der Waals surface area contributed by atoms with Crippen LogP contribution in [0, 0.1) is 6.92 Å². The maximum Gasteiger partial charge on any atom is 0.257 e. The normalized spacial score (nSPS) is 21.1. The third-order valence-corrected chi connectivity index (χ3v) is 7.89. The highest BCUT2D eigenvalue weighted by Crippen LogP contribution is 2.31. The Balaban J connectivity index is 1.23. The molecule has 0 spiro atoms. The Morgan fingerprint density at radius 1 is 0.853 bits per heavy atom. The number of furan rings is 1. The van der Waals surface area contributed by atoms with Gasteiger partial charge in [0, 0.05) is 43.8 Å². The smallest absolute Gasteiger partial charge is 0.257 e. The fourth-order valence-electron chi connectivity index (χ4n) is 5.88. The molecule has 7 nitrogen and oxygen atoms in total. The summed E-state index contributed by atoms with van der Waals surface area (Å²) >= 11 is 0. The van der Waals surface area contributed by atoms with Crippen LogP contribution in [0.3, 0.4) is 0 Å². The first-order chi connectivity index (χ1) is 16.6. The molecule has 2 amide bonds. The van der Waals surface area contributed by atoms with Crippen LogP contribution in [0.25, 0.3) is 0 Å². The molecule has 3 saturated heterocycles. The quantitative estimate of drug-likeness (QED) is 0.682. The van der Waals surface area contributed by atoms with E-state index in [1.165, 1.54) is 44.9 Å². The second-order valence-electron chi connectivity index (χ2n) is 10.1. The Labute approximate surface area is 202 Å². The molecule has 0 radical (unpaired) electrons. The molecule has 3 aliphatic heterocycles. The van der Waals surface area contributed by atoms with Gasteiger partial charge in [-0.05, 0) is 76.7 Å². The number of nitrogens with zero attached hydrogens (tertiary/aromatic N) is 4. The van der Waals surface area contributed by atoms with Gasteiger partial charge in [-0.2, -0.15) is 0 Å². The van der Waals surface area contributed by atoms with Crippen LogP contribution in [0.1, 0.15) is 83.0 Å². The molecule has 2 aromatic heterocycles. The summed E-state index contributed by atoms with van der Waals surface area (Å²) in [6, 6.07) is 6.26. The zero-order valence-electron chi connectivity index (χ0n) is 20.2. The van der Waals surface area contributed by atoms with Gasteiger partial charge in [0.1, 0.15) is 6.26 Å². The van der Waals surface area contributed by atoms with E-state index in [9.17, 15) is 9.59 Å². The number of aromatic nitrogens is 1. The van der Waals surface area contributed by atoms with Gasteiger partial charge in [-0.25, -0.2) is 0 Å². The number of hydrogen-bond acceptors (Lipinski definition) is 5. The van der Waals surface area contributed by atoms with Gasteiger partial charge in [0.25, 0.3) is 11.8 Å². The van der Waals surface area contributed by atoms with Crippen LogP contribution in [0.4, 0.5) is 0 Å². The highest BCUT2D eigenvalue weighted by atomic mass is 16.3.